The van der Waals surface area contributed by atoms with Crippen molar-refractivity contribution in [3.8, 4) is 0 Å². The molecule has 1 unspecified atom stereocenters. The number of amides is 1. The maximum absolute atomic E-state index is 11.9. The Morgan fingerprint density at radius 2 is 1.87 bits per heavy atom. The lowest BCUT2D eigenvalue weighted by Gasteiger charge is -2.18. The van der Waals surface area contributed by atoms with Crippen LogP contribution in [0.2, 0.25) is 0 Å². The minimum Gasteiger partial charge on any atom is -0.400 e. The largest absolute Gasteiger partial charge is 0.400 e. The Bertz CT molecular complexity index is 1300. The summed E-state index contributed by atoms with van der Waals surface area (Å²) >= 11 is 0. The lowest BCUT2D eigenvalue weighted by Crippen LogP contribution is -2.28. The number of nitrogens with one attached hydrogen (secondary N) is 2. The number of carbonyl (C=O) groups excluding carboxylic acids is 1. The highest BCUT2D eigenvalue weighted by molar-refractivity contribution is 6.05. The number of benzene rings is 2. The van der Waals surface area contributed by atoms with E-state index in [0.717, 1.165) is 45.5 Å². The third-order valence-electron chi connectivity index (χ3n) is 6.19. The SMILES string of the molecule is CC.CC(=N/C(=C(/N)C(C)C(N)=O)c1c(C)ccc2[nH]ncc12)c1cccc(N2C=CCN2)c1.CCCC. The van der Waals surface area contributed by atoms with Gasteiger partial charge in [0.1, 0.15) is 0 Å². The minimum atomic E-state index is -0.673. The second-order valence-corrected chi connectivity index (χ2v) is 8.88. The maximum atomic E-state index is 11.9. The third kappa shape index (κ3) is 7.32. The highest BCUT2D eigenvalue weighted by Gasteiger charge is 2.21. The standard InChI is InChI=1S/C24H27N7O.C4H10.C2H6/c1-14-8-9-20-19(13-27-30-20)21(14)23(22(25)15(2)24(26)32)29-16(3)17-6-4-7-18(12-17)31-11-5-10-28-31;1-3-4-2;1-2/h4-9,11-13,15,28H,10,25H2,1-3H3,(H2,26,32)(H,27,30);3-4H2,1-2H3;1-2H3/b23-22+,29-16?;;. The zero-order valence-electron chi connectivity index (χ0n) is 23.8. The number of hydrazine groups is 1. The molecule has 0 saturated heterocycles. The molecule has 1 aliphatic heterocycles. The van der Waals surface area contributed by atoms with E-state index in [2.05, 4.69) is 41.6 Å². The van der Waals surface area contributed by atoms with Crippen LogP contribution in [0.1, 0.15) is 71.1 Å². The summed E-state index contributed by atoms with van der Waals surface area (Å²) in [6.07, 6.45) is 8.43. The van der Waals surface area contributed by atoms with Crippen molar-refractivity contribution in [2.24, 2.45) is 22.4 Å². The van der Waals surface area contributed by atoms with Crippen LogP contribution in [0.4, 0.5) is 5.69 Å². The first-order valence-corrected chi connectivity index (χ1v) is 13.4. The Labute approximate surface area is 226 Å². The van der Waals surface area contributed by atoms with E-state index in [1.54, 1.807) is 13.1 Å². The first-order valence-electron chi connectivity index (χ1n) is 13.4. The van der Waals surface area contributed by atoms with Gasteiger partial charge in [-0.3, -0.25) is 19.9 Å². The van der Waals surface area contributed by atoms with Gasteiger partial charge < -0.3 is 11.5 Å². The van der Waals surface area contributed by atoms with Crippen molar-refractivity contribution in [1.82, 2.24) is 15.6 Å². The fourth-order valence-electron chi connectivity index (χ4n) is 3.72. The topological polar surface area (TPSA) is 125 Å². The molecule has 2 aromatic carbocycles. The molecule has 4 rings (SSSR count). The van der Waals surface area contributed by atoms with Gasteiger partial charge in [0, 0.05) is 35.1 Å². The lowest BCUT2D eigenvalue weighted by molar-refractivity contribution is -0.120. The van der Waals surface area contributed by atoms with Crippen molar-refractivity contribution in [3.05, 3.63) is 77.3 Å². The smallest absolute Gasteiger partial charge is 0.226 e. The summed E-state index contributed by atoms with van der Waals surface area (Å²) in [5, 5.41) is 10.0. The number of aromatic amines is 1. The van der Waals surface area contributed by atoms with Gasteiger partial charge in [-0.2, -0.15) is 5.10 Å². The predicted octanol–water partition coefficient (Wildman–Crippen LogP) is 5.80. The average Bonchev–Trinajstić information content (AvgIpc) is 3.65. The van der Waals surface area contributed by atoms with Crippen molar-refractivity contribution in [3.63, 3.8) is 0 Å². The number of nitrogens with zero attached hydrogens (tertiary/aromatic N) is 3. The Morgan fingerprint density at radius 1 is 1.16 bits per heavy atom. The number of aromatic nitrogens is 2. The predicted molar refractivity (Wildman–Crippen MR) is 161 cm³/mol. The number of hydrogen-bond donors (Lipinski definition) is 4. The molecule has 0 fully saturated rings. The number of anilines is 1. The number of carbonyl (C=O) groups is 1. The van der Waals surface area contributed by atoms with Gasteiger partial charge in [-0.05, 0) is 50.1 Å². The van der Waals surface area contributed by atoms with Gasteiger partial charge in [-0.25, -0.2) is 5.43 Å². The first kappa shape index (κ1) is 30.3. The number of primary amides is 1. The van der Waals surface area contributed by atoms with E-state index in [9.17, 15) is 4.79 Å². The summed E-state index contributed by atoms with van der Waals surface area (Å²) < 4.78 is 0. The Hall–Kier alpha value is -3.91. The molecule has 6 N–H and O–H groups in total. The molecule has 38 heavy (non-hydrogen) atoms. The molecule has 3 aromatic rings. The normalized spacial score (nSPS) is 14.3. The summed E-state index contributed by atoms with van der Waals surface area (Å²) in [7, 11) is 0. The van der Waals surface area contributed by atoms with E-state index in [1.807, 2.05) is 69.2 Å². The van der Waals surface area contributed by atoms with Crippen molar-refractivity contribution in [2.45, 2.75) is 61.3 Å². The Kier molecular flexibility index (Phi) is 11.8. The quantitative estimate of drug-likeness (QED) is 0.295. The average molecular weight is 518 g/mol. The number of H-pyrrole nitrogens is 1. The fourth-order valence-corrected chi connectivity index (χ4v) is 3.72. The fraction of sp³-hybridized carbons (Fsp3) is 0.367. The molecule has 0 radical (unpaired) electrons. The van der Waals surface area contributed by atoms with Gasteiger partial charge in [0.15, 0.2) is 0 Å². The molecule has 204 valence electrons. The number of unbranched alkanes of at least 4 members (excludes halogenated alkanes) is 1. The van der Waals surface area contributed by atoms with Gasteiger partial charge in [0.2, 0.25) is 5.91 Å². The van der Waals surface area contributed by atoms with Crippen LogP contribution in [0.25, 0.3) is 16.6 Å². The van der Waals surface area contributed by atoms with Crippen LogP contribution in [0, 0.1) is 12.8 Å². The lowest BCUT2D eigenvalue weighted by atomic mass is 9.96. The molecule has 1 aliphatic rings. The number of aryl methyl sites for hydroxylation is 1. The third-order valence-corrected chi connectivity index (χ3v) is 6.19. The summed E-state index contributed by atoms with van der Waals surface area (Å²) in [5.41, 5.74) is 21.6. The molecular formula is C30H43N7O. The number of nitrogens with two attached hydrogens (primary N) is 2. The first-order chi connectivity index (χ1) is 18.3. The maximum Gasteiger partial charge on any atom is 0.226 e. The molecule has 0 aliphatic carbocycles. The van der Waals surface area contributed by atoms with Crippen molar-refractivity contribution < 1.29 is 4.79 Å². The number of aliphatic imine (C=N–C) groups is 1. The Balaban J connectivity index is 0.000000773. The Morgan fingerprint density at radius 3 is 2.47 bits per heavy atom. The van der Waals surface area contributed by atoms with Crippen LogP contribution in [0.3, 0.4) is 0 Å². The zero-order valence-corrected chi connectivity index (χ0v) is 23.8. The number of rotatable bonds is 7. The summed E-state index contributed by atoms with van der Waals surface area (Å²) in [5.74, 6) is -1.17. The molecule has 1 aromatic heterocycles. The second-order valence-electron chi connectivity index (χ2n) is 8.88. The summed E-state index contributed by atoms with van der Waals surface area (Å²) in [6.45, 7) is 14.8. The molecule has 0 bridgehead atoms. The molecule has 8 nitrogen and oxygen atoms in total. The number of hydrogen-bond acceptors (Lipinski definition) is 6. The minimum absolute atomic E-state index is 0.328. The van der Waals surface area contributed by atoms with Crippen molar-refractivity contribution in [2.75, 3.05) is 11.6 Å². The monoisotopic (exact) mass is 517 g/mol. The highest BCUT2D eigenvalue weighted by atomic mass is 16.1. The van der Waals surface area contributed by atoms with E-state index >= 15 is 0 Å². The number of fused-ring (bicyclic) bond motifs is 1. The van der Waals surface area contributed by atoms with Crippen molar-refractivity contribution in [1.29, 1.82) is 0 Å². The van der Waals surface area contributed by atoms with Crippen LogP contribution in [-0.2, 0) is 4.79 Å². The van der Waals surface area contributed by atoms with E-state index < -0.39 is 11.8 Å². The molecule has 1 amide bonds. The second kappa shape index (κ2) is 14.7. The molecule has 0 saturated carbocycles. The van der Waals surface area contributed by atoms with Gasteiger partial charge in [-0.15, -0.1) is 0 Å². The van der Waals surface area contributed by atoms with E-state index in [0.29, 0.717) is 11.4 Å². The zero-order chi connectivity index (χ0) is 28.2. The summed E-state index contributed by atoms with van der Waals surface area (Å²) in [4.78, 5) is 16.9. The van der Waals surface area contributed by atoms with Gasteiger partial charge in [0.05, 0.1) is 29.0 Å². The van der Waals surface area contributed by atoms with Gasteiger partial charge in [0.25, 0.3) is 0 Å². The van der Waals surface area contributed by atoms with Crippen LogP contribution in [0.5, 0.6) is 0 Å². The van der Waals surface area contributed by atoms with E-state index in [4.69, 9.17) is 16.5 Å². The van der Waals surface area contributed by atoms with Crippen LogP contribution < -0.4 is 21.9 Å². The van der Waals surface area contributed by atoms with Crippen LogP contribution in [0.15, 0.2) is 65.6 Å². The van der Waals surface area contributed by atoms with Gasteiger partial charge in [-0.1, -0.05) is 64.8 Å². The highest BCUT2D eigenvalue weighted by Crippen LogP contribution is 2.32. The van der Waals surface area contributed by atoms with Crippen LogP contribution >= 0.6 is 0 Å². The van der Waals surface area contributed by atoms with Crippen molar-refractivity contribution >= 4 is 33.9 Å². The molecular weight excluding hydrogens is 474 g/mol. The van der Waals surface area contributed by atoms with E-state index in [-0.39, 0.29) is 0 Å². The summed E-state index contributed by atoms with van der Waals surface area (Å²) in [6, 6.07) is 12.0. The van der Waals surface area contributed by atoms with Crippen LogP contribution in [-0.4, -0.2) is 28.4 Å². The van der Waals surface area contributed by atoms with Gasteiger partial charge >= 0.3 is 0 Å². The molecule has 8 heteroatoms. The molecule has 0 spiro atoms. The molecule has 2 heterocycles. The molecule has 1 atom stereocenters. The van der Waals surface area contributed by atoms with E-state index in [1.165, 1.54) is 12.8 Å².